The van der Waals surface area contributed by atoms with E-state index >= 15 is 13.2 Å². The standard InChI is InChI=1S/C47H50ClF3N8O6S/c1-45(2)13-11-32(37(26-45)30-3-5-33(48)6-4-30)28-56-17-19-57(20-18-56)34-7-9-36(40(24-34)58-41-23-31-12-16-52-43(31)54-39(41)27-47(58,50)51)44(60)55-66(63,64)35-8-10-38(42(25-35)59(61)62)53-29-46(49)14-21-65-22-15-46/h3-10,12,16,23-25,53H,11,13-15,17-22,26-29H2,1-2H3,(H,52,54)(H,55,60). The number of hydrogen-bond donors (Lipinski definition) is 3. The number of pyridine rings is 1. The lowest BCUT2D eigenvalue weighted by Gasteiger charge is -2.39. The Morgan fingerprint density at radius 1 is 0.939 bits per heavy atom. The number of carbonyl (C=O) groups excluding carboxylic acids is 1. The molecule has 14 nitrogen and oxygen atoms in total. The van der Waals surface area contributed by atoms with Crippen molar-refractivity contribution in [2.24, 2.45) is 5.41 Å². The number of piperazine rings is 1. The Balaban J connectivity index is 0.994. The molecule has 9 rings (SSSR count). The van der Waals surface area contributed by atoms with E-state index in [4.69, 9.17) is 16.3 Å². The zero-order valence-electron chi connectivity index (χ0n) is 36.5. The van der Waals surface area contributed by atoms with E-state index in [9.17, 15) is 23.3 Å². The van der Waals surface area contributed by atoms with Crippen molar-refractivity contribution < 1.29 is 36.0 Å². The number of H-pyrrole nitrogens is 1. The van der Waals surface area contributed by atoms with Gasteiger partial charge >= 0.3 is 6.05 Å². The van der Waals surface area contributed by atoms with Crippen molar-refractivity contribution in [2.45, 2.75) is 69.0 Å². The third kappa shape index (κ3) is 9.33. The molecule has 2 fully saturated rings. The average Bonchev–Trinajstić information content (AvgIpc) is 3.84. The summed E-state index contributed by atoms with van der Waals surface area (Å²) in [5.41, 5.74) is 2.09. The number of nitro groups is 1. The van der Waals surface area contributed by atoms with Gasteiger partial charge in [-0.05, 0) is 90.4 Å². The van der Waals surface area contributed by atoms with Gasteiger partial charge in [0.25, 0.3) is 21.6 Å². The third-order valence-corrected chi connectivity index (χ3v) is 14.8. The summed E-state index contributed by atoms with van der Waals surface area (Å²) in [6.45, 7) is 7.95. The van der Waals surface area contributed by atoms with Crippen molar-refractivity contribution >= 4 is 72.6 Å². The Morgan fingerprint density at radius 3 is 2.41 bits per heavy atom. The number of ether oxygens (including phenoxy) is 1. The maximum atomic E-state index is 16.4. The molecule has 4 aliphatic rings. The number of alkyl halides is 3. The van der Waals surface area contributed by atoms with Crippen LogP contribution in [0.2, 0.25) is 5.02 Å². The Labute approximate surface area is 385 Å². The first-order valence-electron chi connectivity index (χ1n) is 22.0. The van der Waals surface area contributed by atoms with Crippen LogP contribution in [0.3, 0.4) is 0 Å². The van der Waals surface area contributed by atoms with Gasteiger partial charge in [-0.3, -0.25) is 24.7 Å². The minimum absolute atomic E-state index is 0.0564. The molecule has 0 bridgehead atoms. The molecule has 5 aromatic rings. The molecule has 0 radical (unpaired) electrons. The summed E-state index contributed by atoms with van der Waals surface area (Å²) in [6, 6.07) is 15.0. The second-order valence-electron chi connectivity index (χ2n) is 18.4. The van der Waals surface area contributed by atoms with Gasteiger partial charge in [0, 0.05) is 93.7 Å². The highest BCUT2D eigenvalue weighted by Gasteiger charge is 2.48. The van der Waals surface area contributed by atoms with Crippen LogP contribution in [0.5, 0.6) is 0 Å². The number of allylic oxidation sites excluding steroid dienone is 1. The fourth-order valence-corrected chi connectivity index (χ4v) is 10.6. The molecule has 2 saturated heterocycles. The zero-order chi connectivity index (χ0) is 46.6. The van der Waals surface area contributed by atoms with Crippen LogP contribution in [0.4, 0.5) is 41.6 Å². The minimum Gasteiger partial charge on any atom is -0.381 e. The minimum atomic E-state index is -4.83. The van der Waals surface area contributed by atoms with Gasteiger partial charge < -0.3 is 19.9 Å². The molecule has 66 heavy (non-hydrogen) atoms. The lowest BCUT2D eigenvalue weighted by molar-refractivity contribution is -0.384. The van der Waals surface area contributed by atoms with Gasteiger partial charge in [-0.1, -0.05) is 43.2 Å². The third-order valence-electron chi connectivity index (χ3n) is 13.2. The van der Waals surface area contributed by atoms with Gasteiger partial charge in [0.05, 0.1) is 38.9 Å². The van der Waals surface area contributed by atoms with Crippen LogP contribution in [0.1, 0.15) is 67.6 Å². The molecule has 2 aromatic heterocycles. The van der Waals surface area contributed by atoms with Gasteiger partial charge in [0.15, 0.2) is 0 Å². The molecule has 0 saturated carbocycles. The van der Waals surface area contributed by atoms with Gasteiger partial charge in [0.1, 0.15) is 17.0 Å². The maximum Gasteiger partial charge on any atom is 0.335 e. The van der Waals surface area contributed by atoms with E-state index in [1.54, 1.807) is 24.4 Å². The van der Waals surface area contributed by atoms with Gasteiger partial charge in [-0.2, -0.15) is 8.78 Å². The van der Waals surface area contributed by atoms with Crippen LogP contribution in [0, 0.1) is 15.5 Å². The number of amides is 1. The van der Waals surface area contributed by atoms with E-state index in [-0.39, 0.29) is 66.3 Å². The Bertz CT molecular complexity index is 2840. The number of rotatable bonds is 12. The molecule has 5 heterocycles. The van der Waals surface area contributed by atoms with Crippen molar-refractivity contribution in [1.29, 1.82) is 0 Å². The monoisotopic (exact) mass is 946 g/mol. The molecule has 1 aliphatic carbocycles. The second kappa shape index (κ2) is 17.5. The molecule has 3 N–H and O–H groups in total. The number of anilines is 4. The number of sulfonamides is 1. The van der Waals surface area contributed by atoms with Crippen LogP contribution < -0.4 is 19.8 Å². The van der Waals surface area contributed by atoms with E-state index in [2.05, 4.69) is 51.1 Å². The Morgan fingerprint density at radius 2 is 1.68 bits per heavy atom. The fraction of sp³-hybridized carbons (Fsp3) is 0.404. The number of fused-ring (bicyclic) bond motifs is 2. The number of nitro benzene ring substituents is 1. The van der Waals surface area contributed by atoms with Crippen molar-refractivity contribution in [1.82, 2.24) is 19.6 Å². The van der Waals surface area contributed by atoms with E-state index in [1.807, 2.05) is 16.9 Å². The number of aromatic amines is 1. The lowest BCUT2D eigenvalue weighted by atomic mass is 9.72. The van der Waals surface area contributed by atoms with Crippen LogP contribution in [0.25, 0.3) is 16.6 Å². The summed E-state index contributed by atoms with van der Waals surface area (Å²) in [5, 5.41) is 16.1. The average molecular weight is 947 g/mol. The first kappa shape index (κ1) is 45.5. The molecule has 0 spiro atoms. The molecule has 19 heteroatoms. The summed E-state index contributed by atoms with van der Waals surface area (Å²) in [6.07, 6.45) is 4.02. The first-order valence-corrected chi connectivity index (χ1v) is 23.8. The molecule has 3 aliphatic heterocycles. The number of hydrogen-bond acceptors (Lipinski definition) is 11. The quantitative estimate of drug-likeness (QED) is 0.0620. The van der Waals surface area contributed by atoms with E-state index in [0.717, 1.165) is 48.9 Å². The Hall–Kier alpha value is -5.69. The van der Waals surface area contributed by atoms with Crippen LogP contribution in [-0.4, -0.2) is 98.3 Å². The van der Waals surface area contributed by atoms with Crippen molar-refractivity contribution in [2.75, 3.05) is 67.6 Å². The van der Waals surface area contributed by atoms with Gasteiger partial charge in [-0.25, -0.2) is 22.5 Å². The number of nitrogens with zero attached hydrogens (tertiary/aromatic N) is 5. The summed E-state index contributed by atoms with van der Waals surface area (Å²) in [7, 11) is -4.83. The van der Waals surface area contributed by atoms with Crippen LogP contribution >= 0.6 is 11.6 Å². The van der Waals surface area contributed by atoms with Gasteiger partial charge in [-0.15, -0.1) is 0 Å². The number of nitrogens with one attached hydrogen (secondary N) is 3. The Kier molecular flexibility index (Phi) is 12.1. The molecular weight excluding hydrogens is 897 g/mol. The predicted molar refractivity (Wildman–Crippen MR) is 248 cm³/mol. The van der Waals surface area contributed by atoms with E-state index in [1.165, 1.54) is 28.8 Å². The van der Waals surface area contributed by atoms with Crippen LogP contribution in [-0.2, 0) is 21.2 Å². The smallest absolute Gasteiger partial charge is 0.335 e. The first-order chi connectivity index (χ1) is 31.4. The SMILES string of the molecule is CC1(C)CCC(CN2CCN(c3ccc(C(=O)NS(=O)(=O)c4ccc(NCC5(F)CCOCC5)c([N+](=O)[O-])c4)c(N4c5cc6cc[nH]c6nc5CC4(F)F)c3)CC2)=C(c2ccc(Cl)cc2)C1. The fourth-order valence-electron chi connectivity index (χ4n) is 9.47. The predicted octanol–water partition coefficient (Wildman–Crippen LogP) is 9.25. The lowest BCUT2D eigenvalue weighted by Crippen LogP contribution is -2.47. The zero-order valence-corrected chi connectivity index (χ0v) is 38.1. The molecule has 1 amide bonds. The second-order valence-corrected chi connectivity index (χ2v) is 20.5. The van der Waals surface area contributed by atoms with Crippen LogP contribution in [0.15, 0.2) is 89.5 Å². The number of carbonyl (C=O) groups is 1. The highest BCUT2D eigenvalue weighted by Crippen LogP contribution is 2.49. The summed E-state index contributed by atoms with van der Waals surface area (Å²) < 4.78 is 83.0. The molecule has 348 valence electrons. The van der Waals surface area contributed by atoms with Crippen molar-refractivity contribution in [3.05, 3.63) is 117 Å². The van der Waals surface area contributed by atoms with E-state index < -0.39 is 49.6 Å². The number of benzene rings is 3. The topological polar surface area (TPSA) is 166 Å². The normalized spacial score (nSPS) is 19.5. The van der Waals surface area contributed by atoms with E-state index in [0.29, 0.717) is 47.9 Å². The molecular formula is C47H50ClF3N8O6S. The molecule has 0 unspecified atom stereocenters. The largest absolute Gasteiger partial charge is 0.381 e. The highest BCUT2D eigenvalue weighted by atomic mass is 35.5. The highest BCUT2D eigenvalue weighted by molar-refractivity contribution is 7.90. The maximum absolute atomic E-state index is 16.4. The molecule has 0 atom stereocenters. The number of halogens is 4. The summed E-state index contributed by atoms with van der Waals surface area (Å²) >= 11 is 6.23. The number of aromatic nitrogens is 2. The summed E-state index contributed by atoms with van der Waals surface area (Å²) in [4.78, 5) is 37.5. The summed E-state index contributed by atoms with van der Waals surface area (Å²) in [5.74, 6) is -1.23. The van der Waals surface area contributed by atoms with Gasteiger partial charge in [0.2, 0.25) is 0 Å². The van der Waals surface area contributed by atoms with Crippen molar-refractivity contribution in [3.63, 3.8) is 0 Å². The molecule has 3 aromatic carbocycles. The van der Waals surface area contributed by atoms with Crippen molar-refractivity contribution in [3.8, 4) is 0 Å².